The second-order valence-corrected chi connectivity index (χ2v) is 3.66. The largest absolute Gasteiger partial charge is 0.707 e. The number of fused-ring (bicyclic) bond motifs is 1. The van der Waals surface area contributed by atoms with Gasteiger partial charge in [0.25, 0.3) is 0 Å². The molecule has 1 aliphatic heterocycles. The van der Waals surface area contributed by atoms with Gasteiger partial charge in [-0.25, -0.2) is 0 Å². The van der Waals surface area contributed by atoms with Crippen LogP contribution in [-0.4, -0.2) is 23.2 Å². The van der Waals surface area contributed by atoms with Gasteiger partial charge in [-0.05, 0) is 12.1 Å². The molecule has 0 saturated carbocycles. The first-order valence-electron chi connectivity index (χ1n) is 4.51. The number of hydrogen-bond donors (Lipinski definition) is 2. The molecule has 0 atom stereocenters. The van der Waals surface area contributed by atoms with Crippen LogP contribution in [0.25, 0.3) is 0 Å². The smallest absolute Gasteiger partial charge is 0.512 e. The van der Waals surface area contributed by atoms with Gasteiger partial charge in [0.2, 0.25) is 5.79 Å². The zero-order valence-electron chi connectivity index (χ0n) is 8.43. The maximum Gasteiger partial charge on any atom is 0.707 e. The quantitative estimate of drug-likeness (QED) is 0.697. The van der Waals surface area contributed by atoms with E-state index in [4.69, 9.17) is 19.5 Å². The first kappa shape index (κ1) is 10.1. The summed E-state index contributed by atoms with van der Waals surface area (Å²) in [7, 11) is -1.83. The predicted molar refractivity (Wildman–Crippen MR) is 52.6 cm³/mol. The predicted octanol–water partition coefficient (Wildman–Crippen LogP) is 0.542. The molecular formula is C9H11BO5. The second-order valence-electron chi connectivity index (χ2n) is 3.66. The fourth-order valence-electron chi connectivity index (χ4n) is 1.40. The highest BCUT2D eigenvalue weighted by Crippen LogP contribution is 2.41. The Bertz CT molecular complexity index is 377. The van der Waals surface area contributed by atoms with Crippen molar-refractivity contribution in [2.75, 3.05) is 0 Å². The lowest BCUT2D eigenvalue weighted by Crippen LogP contribution is -2.29. The van der Waals surface area contributed by atoms with Crippen molar-refractivity contribution in [3.05, 3.63) is 18.2 Å². The van der Waals surface area contributed by atoms with Gasteiger partial charge in [0.05, 0.1) is 0 Å². The molecule has 0 fully saturated rings. The van der Waals surface area contributed by atoms with Gasteiger partial charge < -0.3 is 24.2 Å². The molecule has 1 aliphatic rings. The Balaban J connectivity index is 2.23. The first-order valence-corrected chi connectivity index (χ1v) is 4.51. The van der Waals surface area contributed by atoms with Crippen LogP contribution in [0.5, 0.6) is 17.2 Å². The molecule has 5 nitrogen and oxygen atoms in total. The fraction of sp³-hybridized carbons (Fsp3) is 0.333. The molecule has 0 unspecified atom stereocenters. The van der Waals surface area contributed by atoms with E-state index in [0.29, 0.717) is 17.2 Å². The molecule has 15 heavy (non-hydrogen) atoms. The zero-order chi connectivity index (χ0) is 11.1. The van der Waals surface area contributed by atoms with E-state index < -0.39 is 13.1 Å². The number of rotatable bonds is 2. The fourth-order valence-corrected chi connectivity index (χ4v) is 1.40. The molecule has 0 aromatic heterocycles. The summed E-state index contributed by atoms with van der Waals surface area (Å²) in [4.78, 5) is 0. The average molecular weight is 210 g/mol. The van der Waals surface area contributed by atoms with Gasteiger partial charge in [0.15, 0.2) is 11.5 Å². The molecule has 0 spiro atoms. The highest BCUT2D eigenvalue weighted by molar-refractivity contribution is 6.33. The van der Waals surface area contributed by atoms with Crippen LogP contribution < -0.4 is 14.1 Å². The molecule has 1 aromatic carbocycles. The van der Waals surface area contributed by atoms with E-state index in [9.17, 15) is 0 Å². The minimum atomic E-state index is -1.83. The van der Waals surface area contributed by atoms with Crippen molar-refractivity contribution in [2.45, 2.75) is 19.6 Å². The van der Waals surface area contributed by atoms with E-state index >= 15 is 0 Å². The third-order valence-electron chi connectivity index (χ3n) is 1.87. The Kier molecular flexibility index (Phi) is 2.24. The molecule has 0 aliphatic carbocycles. The van der Waals surface area contributed by atoms with Crippen molar-refractivity contribution in [1.82, 2.24) is 0 Å². The van der Waals surface area contributed by atoms with Gasteiger partial charge in [-0.15, -0.1) is 0 Å². The molecular weight excluding hydrogens is 199 g/mol. The number of hydrogen-bond acceptors (Lipinski definition) is 5. The molecule has 1 heterocycles. The van der Waals surface area contributed by atoms with Crippen LogP contribution in [-0.2, 0) is 0 Å². The van der Waals surface area contributed by atoms with Crippen molar-refractivity contribution in [1.29, 1.82) is 0 Å². The van der Waals surface area contributed by atoms with E-state index in [0.717, 1.165) is 0 Å². The lowest BCUT2D eigenvalue weighted by atomic mass is 10.2. The Labute approximate surface area is 87.4 Å². The number of ether oxygens (including phenoxy) is 2. The maximum atomic E-state index is 8.62. The molecule has 0 saturated heterocycles. The van der Waals surface area contributed by atoms with E-state index in [-0.39, 0.29) is 0 Å². The van der Waals surface area contributed by atoms with Crippen LogP contribution in [0.2, 0.25) is 0 Å². The monoisotopic (exact) mass is 210 g/mol. The van der Waals surface area contributed by atoms with Gasteiger partial charge in [-0.1, -0.05) is 0 Å². The second kappa shape index (κ2) is 3.32. The highest BCUT2D eigenvalue weighted by Gasteiger charge is 2.32. The molecule has 6 heteroatoms. The summed E-state index contributed by atoms with van der Waals surface area (Å²) >= 11 is 0. The molecule has 1 aromatic rings. The van der Waals surface area contributed by atoms with E-state index in [1.165, 1.54) is 0 Å². The van der Waals surface area contributed by atoms with Crippen molar-refractivity contribution in [2.24, 2.45) is 0 Å². The Hall–Kier alpha value is -1.40. The Morgan fingerprint density at radius 2 is 1.87 bits per heavy atom. The summed E-state index contributed by atoms with van der Waals surface area (Å²) in [5.74, 6) is 0.752. The summed E-state index contributed by atoms with van der Waals surface area (Å²) in [5.41, 5.74) is 0. The number of benzene rings is 1. The maximum absolute atomic E-state index is 8.62. The van der Waals surface area contributed by atoms with E-state index in [1.54, 1.807) is 32.0 Å². The molecule has 0 bridgehead atoms. The SMILES string of the molecule is CC1(C)Oc2ccc(OB(O)O)cc2O1. The Morgan fingerprint density at radius 3 is 2.53 bits per heavy atom. The van der Waals surface area contributed by atoms with Gasteiger partial charge in [0, 0.05) is 19.9 Å². The molecule has 80 valence electrons. The van der Waals surface area contributed by atoms with Crippen LogP contribution >= 0.6 is 0 Å². The van der Waals surface area contributed by atoms with Crippen LogP contribution in [0.15, 0.2) is 18.2 Å². The van der Waals surface area contributed by atoms with Crippen LogP contribution in [0.1, 0.15) is 13.8 Å². The summed E-state index contributed by atoms with van der Waals surface area (Å²) < 4.78 is 15.6. The average Bonchev–Trinajstić information content (AvgIpc) is 2.36. The Morgan fingerprint density at radius 1 is 1.20 bits per heavy atom. The standard InChI is InChI=1S/C9H11BO5/c1-9(2)13-7-4-3-6(15-10(11)12)5-8(7)14-9/h3-5,11-12H,1-2H3. The van der Waals surface area contributed by atoms with Gasteiger partial charge in [0.1, 0.15) is 5.75 Å². The molecule has 0 amide bonds. The van der Waals surface area contributed by atoms with Crippen LogP contribution in [0, 0.1) is 0 Å². The summed E-state index contributed by atoms with van der Waals surface area (Å²) in [6, 6.07) is 4.77. The molecule has 2 N–H and O–H groups in total. The minimum absolute atomic E-state index is 0.310. The molecule has 2 rings (SSSR count). The van der Waals surface area contributed by atoms with E-state index in [1.807, 2.05) is 0 Å². The van der Waals surface area contributed by atoms with Gasteiger partial charge in [-0.2, -0.15) is 0 Å². The lowest BCUT2D eigenvalue weighted by molar-refractivity contribution is -0.0431. The minimum Gasteiger partial charge on any atom is -0.512 e. The van der Waals surface area contributed by atoms with Gasteiger partial charge >= 0.3 is 7.32 Å². The third kappa shape index (κ3) is 2.16. The van der Waals surface area contributed by atoms with Crippen molar-refractivity contribution >= 4 is 7.32 Å². The first-order chi connectivity index (χ1) is 6.96. The normalized spacial score (nSPS) is 16.3. The van der Waals surface area contributed by atoms with Crippen molar-refractivity contribution in [3.8, 4) is 17.2 Å². The summed E-state index contributed by atoms with van der Waals surface area (Å²) in [6.45, 7) is 3.57. The highest BCUT2D eigenvalue weighted by atomic mass is 16.7. The molecule has 0 radical (unpaired) electrons. The van der Waals surface area contributed by atoms with Crippen molar-refractivity contribution in [3.63, 3.8) is 0 Å². The van der Waals surface area contributed by atoms with Crippen LogP contribution in [0.3, 0.4) is 0 Å². The summed E-state index contributed by atoms with van der Waals surface area (Å²) in [6.07, 6.45) is 0. The summed E-state index contributed by atoms with van der Waals surface area (Å²) in [5, 5.41) is 17.2. The van der Waals surface area contributed by atoms with E-state index in [2.05, 4.69) is 4.65 Å². The zero-order valence-corrected chi connectivity index (χ0v) is 8.43. The lowest BCUT2D eigenvalue weighted by Gasteiger charge is -2.16. The van der Waals surface area contributed by atoms with Gasteiger partial charge in [-0.3, -0.25) is 0 Å². The third-order valence-corrected chi connectivity index (χ3v) is 1.87. The topological polar surface area (TPSA) is 68.2 Å². The van der Waals surface area contributed by atoms with Crippen LogP contribution in [0.4, 0.5) is 0 Å². The van der Waals surface area contributed by atoms with Crippen molar-refractivity contribution < 1.29 is 24.2 Å².